The third-order valence-electron chi connectivity index (χ3n) is 4.75. The highest BCUT2D eigenvalue weighted by Crippen LogP contribution is 2.25. The highest BCUT2D eigenvalue weighted by atomic mass is 35.5. The van der Waals surface area contributed by atoms with E-state index in [4.69, 9.17) is 16.6 Å². The normalized spacial score (nSPS) is 11.1. The molecule has 0 aliphatic rings. The maximum Gasteiger partial charge on any atom is 0.230 e. The van der Waals surface area contributed by atoms with Gasteiger partial charge in [-0.3, -0.25) is 9.20 Å². The van der Waals surface area contributed by atoms with E-state index in [1.807, 2.05) is 35.0 Å². The number of benzene rings is 2. The molecule has 2 aromatic carbocycles. The summed E-state index contributed by atoms with van der Waals surface area (Å²) in [6.45, 7) is 4.07. The van der Waals surface area contributed by atoms with Crippen LogP contribution in [0.3, 0.4) is 0 Å². The molecule has 4 rings (SSSR count). The number of rotatable bonds is 5. The highest BCUT2D eigenvalue weighted by molar-refractivity contribution is 7.15. The van der Waals surface area contributed by atoms with Crippen molar-refractivity contribution >= 4 is 39.5 Å². The lowest BCUT2D eigenvalue weighted by atomic mass is 10.1. The summed E-state index contributed by atoms with van der Waals surface area (Å²) in [5, 5.41) is 5.61. The van der Waals surface area contributed by atoms with E-state index in [9.17, 15) is 4.79 Å². The van der Waals surface area contributed by atoms with Crippen LogP contribution in [0.15, 0.2) is 54.0 Å². The number of hydrogen-bond acceptors (Lipinski definition) is 3. The molecule has 142 valence electrons. The van der Waals surface area contributed by atoms with Gasteiger partial charge in [-0.1, -0.05) is 42.8 Å². The second-order valence-electron chi connectivity index (χ2n) is 6.74. The van der Waals surface area contributed by atoms with Crippen LogP contribution in [0.1, 0.15) is 23.7 Å². The smallest absolute Gasteiger partial charge is 0.230 e. The quantitative estimate of drug-likeness (QED) is 0.455. The van der Waals surface area contributed by atoms with E-state index >= 15 is 0 Å². The predicted molar refractivity (Wildman–Crippen MR) is 116 cm³/mol. The van der Waals surface area contributed by atoms with Gasteiger partial charge in [0.25, 0.3) is 0 Å². The molecule has 6 heteroatoms. The summed E-state index contributed by atoms with van der Waals surface area (Å²) in [5.74, 6) is -0.0623. The van der Waals surface area contributed by atoms with Crippen molar-refractivity contribution in [3.05, 3.63) is 75.9 Å². The molecule has 2 heterocycles. The third kappa shape index (κ3) is 3.81. The van der Waals surface area contributed by atoms with Gasteiger partial charge in [-0.15, -0.1) is 11.3 Å². The molecule has 0 spiro atoms. The third-order valence-corrected chi connectivity index (χ3v) is 5.87. The molecule has 0 fully saturated rings. The number of aromatic nitrogens is 2. The lowest BCUT2D eigenvalue weighted by Gasteiger charge is -2.08. The van der Waals surface area contributed by atoms with E-state index < -0.39 is 0 Å². The summed E-state index contributed by atoms with van der Waals surface area (Å²) in [6, 6.07) is 13.9. The van der Waals surface area contributed by atoms with Crippen molar-refractivity contribution in [3.8, 4) is 11.3 Å². The van der Waals surface area contributed by atoms with E-state index in [-0.39, 0.29) is 12.3 Å². The van der Waals surface area contributed by atoms with Crippen molar-refractivity contribution in [1.29, 1.82) is 0 Å². The van der Waals surface area contributed by atoms with Gasteiger partial charge >= 0.3 is 0 Å². The number of nitrogens with one attached hydrogen (secondary N) is 1. The van der Waals surface area contributed by atoms with Gasteiger partial charge in [0.2, 0.25) is 5.91 Å². The fraction of sp³-hybridized carbons (Fsp3) is 0.182. The van der Waals surface area contributed by atoms with Crippen molar-refractivity contribution in [2.45, 2.75) is 26.7 Å². The van der Waals surface area contributed by atoms with Gasteiger partial charge in [0.1, 0.15) is 0 Å². The van der Waals surface area contributed by atoms with Crippen LogP contribution in [0.5, 0.6) is 0 Å². The summed E-state index contributed by atoms with van der Waals surface area (Å²) >= 11 is 7.53. The molecule has 4 aromatic rings. The molecule has 0 saturated heterocycles. The van der Waals surface area contributed by atoms with E-state index in [1.54, 1.807) is 17.4 Å². The molecule has 0 unspecified atom stereocenters. The zero-order valence-electron chi connectivity index (χ0n) is 15.7. The van der Waals surface area contributed by atoms with Crippen LogP contribution in [0.4, 0.5) is 5.69 Å². The molecule has 0 aliphatic carbocycles. The van der Waals surface area contributed by atoms with Crippen LogP contribution < -0.4 is 5.32 Å². The van der Waals surface area contributed by atoms with E-state index in [2.05, 4.69) is 36.5 Å². The van der Waals surface area contributed by atoms with Crippen LogP contribution in [0.2, 0.25) is 5.02 Å². The minimum atomic E-state index is -0.0623. The molecule has 0 bridgehead atoms. The second kappa shape index (κ2) is 7.78. The molecule has 0 aliphatic heterocycles. The molecule has 1 N–H and O–H groups in total. The van der Waals surface area contributed by atoms with Crippen LogP contribution >= 0.6 is 22.9 Å². The Hall–Kier alpha value is -2.63. The fourth-order valence-electron chi connectivity index (χ4n) is 3.13. The molecule has 0 radical (unpaired) electrons. The summed E-state index contributed by atoms with van der Waals surface area (Å²) in [5.41, 5.74) is 5.96. The molecular weight excluding hydrogens is 390 g/mol. The number of carbonyl (C=O) groups is 1. The van der Waals surface area contributed by atoms with Crippen LogP contribution in [0.25, 0.3) is 16.2 Å². The minimum Gasteiger partial charge on any atom is -0.326 e. The zero-order valence-corrected chi connectivity index (χ0v) is 17.3. The van der Waals surface area contributed by atoms with Gasteiger partial charge in [0.15, 0.2) is 4.96 Å². The zero-order chi connectivity index (χ0) is 19.7. The van der Waals surface area contributed by atoms with Gasteiger partial charge in [-0.2, -0.15) is 0 Å². The van der Waals surface area contributed by atoms with E-state index in [1.165, 1.54) is 5.56 Å². The van der Waals surface area contributed by atoms with E-state index in [0.29, 0.717) is 5.02 Å². The van der Waals surface area contributed by atoms with Crippen molar-refractivity contribution in [2.24, 2.45) is 0 Å². The van der Waals surface area contributed by atoms with Gasteiger partial charge in [-0.05, 0) is 42.7 Å². The lowest BCUT2D eigenvalue weighted by Crippen LogP contribution is -2.16. The Bertz CT molecular complexity index is 1140. The van der Waals surface area contributed by atoms with Crippen LogP contribution in [-0.2, 0) is 17.6 Å². The average Bonchev–Trinajstić information content (AvgIpc) is 3.26. The number of aryl methyl sites for hydroxylation is 2. The maximum atomic E-state index is 12.5. The maximum absolute atomic E-state index is 12.5. The summed E-state index contributed by atoms with van der Waals surface area (Å²) in [7, 11) is 0. The van der Waals surface area contributed by atoms with Gasteiger partial charge in [0, 0.05) is 33.5 Å². The molecule has 0 saturated carbocycles. The number of imidazole rings is 1. The standard InChI is InChI=1S/C22H20ClN3OS/c1-3-15-4-6-16(7-5-15)20-12-26-18(13-28-22(26)25-20)11-21(27)24-19-9-8-17(23)10-14(19)2/h4-10,12-13H,3,11H2,1-2H3,(H,24,27). The number of thiazole rings is 1. The van der Waals surface area contributed by atoms with Crippen molar-refractivity contribution in [3.63, 3.8) is 0 Å². The summed E-state index contributed by atoms with van der Waals surface area (Å²) in [6.07, 6.45) is 3.31. The predicted octanol–water partition coefficient (Wildman–Crippen LogP) is 5.77. The Morgan fingerprint density at radius 2 is 2.00 bits per heavy atom. The molecule has 2 aromatic heterocycles. The lowest BCUT2D eigenvalue weighted by molar-refractivity contribution is -0.115. The van der Waals surface area contributed by atoms with Crippen molar-refractivity contribution in [1.82, 2.24) is 9.38 Å². The van der Waals surface area contributed by atoms with E-state index in [0.717, 1.165) is 39.6 Å². The first kappa shape index (κ1) is 18.7. The molecule has 1 amide bonds. The first-order chi connectivity index (χ1) is 13.5. The Morgan fingerprint density at radius 3 is 2.71 bits per heavy atom. The Kier molecular flexibility index (Phi) is 5.20. The number of carbonyl (C=O) groups excluding carboxylic acids is 1. The Morgan fingerprint density at radius 1 is 1.21 bits per heavy atom. The van der Waals surface area contributed by atoms with Crippen LogP contribution in [-0.4, -0.2) is 15.3 Å². The molecular formula is C22H20ClN3OS. The first-order valence-corrected chi connectivity index (χ1v) is 10.4. The monoisotopic (exact) mass is 409 g/mol. The van der Waals surface area contributed by atoms with Crippen molar-refractivity contribution < 1.29 is 4.79 Å². The minimum absolute atomic E-state index is 0.0623. The molecule has 4 nitrogen and oxygen atoms in total. The average molecular weight is 410 g/mol. The Labute approximate surface area is 172 Å². The number of nitrogens with zero attached hydrogens (tertiary/aromatic N) is 2. The SMILES string of the molecule is CCc1ccc(-c2cn3c(CC(=O)Nc4ccc(Cl)cc4C)csc3n2)cc1. The number of hydrogen-bond donors (Lipinski definition) is 1. The number of halogens is 1. The summed E-state index contributed by atoms with van der Waals surface area (Å²) in [4.78, 5) is 18.1. The van der Waals surface area contributed by atoms with Crippen LogP contribution in [0, 0.1) is 6.92 Å². The fourth-order valence-corrected chi connectivity index (χ4v) is 4.23. The van der Waals surface area contributed by atoms with Gasteiger partial charge < -0.3 is 5.32 Å². The largest absolute Gasteiger partial charge is 0.326 e. The second-order valence-corrected chi connectivity index (χ2v) is 8.01. The first-order valence-electron chi connectivity index (χ1n) is 9.14. The number of fused-ring (bicyclic) bond motifs is 1. The number of anilines is 1. The summed E-state index contributed by atoms with van der Waals surface area (Å²) < 4.78 is 2.00. The topological polar surface area (TPSA) is 46.4 Å². The van der Waals surface area contributed by atoms with Gasteiger partial charge in [-0.25, -0.2) is 4.98 Å². The molecule has 28 heavy (non-hydrogen) atoms. The van der Waals surface area contributed by atoms with Gasteiger partial charge in [0.05, 0.1) is 12.1 Å². The van der Waals surface area contributed by atoms with Crippen molar-refractivity contribution in [2.75, 3.05) is 5.32 Å². The molecule has 0 atom stereocenters. The highest BCUT2D eigenvalue weighted by Gasteiger charge is 2.13. The Balaban J connectivity index is 1.54. The number of amides is 1.